The van der Waals surface area contributed by atoms with E-state index >= 15 is 0 Å². The smallest absolute Gasteiger partial charge is 0.315 e. The summed E-state index contributed by atoms with van der Waals surface area (Å²) in [6, 6.07) is 8.94. The number of benzene rings is 1. The van der Waals surface area contributed by atoms with Crippen molar-refractivity contribution in [2.45, 2.75) is 6.54 Å². The second-order valence-corrected chi connectivity index (χ2v) is 4.94. The Hall–Kier alpha value is -2.08. The van der Waals surface area contributed by atoms with Gasteiger partial charge < -0.3 is 10.6 Å². The summed E-state index contributed by atoms with van der Waals surface area (Å²) in [7, 11) is 1.82. The standard InChI is InChI=1S/C12H13N3O2S/c1-14(8-9-4-3-7-18-9)11-6-2-5-10(13)12(11)15(16)17/h2-7H,8,13H2,1H3. The van der Waals surface area contributed by atoms with Gasteiger partial charge in [0.1, 0.15) is 11.4 Å². The highest BCUT2D eigenvalue weighted by molar-refractivity contribution is 7.09. The molecule has 1 heterocycles. The Morgan fingerprint density at radius 1 is 1.39 bits per heavy atom. The van der Waals surface area contributed by atoms with Crippen LogP contribution in [0.15, 0.2) is 35.7 Å². The van der Waals surface area contributed by atoms with Crippen LogP contribution in [-0.4, -0.2) is 12.0 Å². The number of nitro benzene ring substituents is 1. The van der Waals surface area contributed by atoms with E-state index in [9.17, 15) is 10.1 Å². The van der Waals surface area contributed by atoms with E-state index in [2.05, 4.69) is 0 Å². The van der Waals surface area contributed by atoms with Crippen molar-refractivity contribution in [3.05, 3.63) is 50.7 Å². The van der Waals surface area contributed by atoms with Gasteiger partial charge in [0.25, 0.3) is 0 Å². The third-order valence-corrected chi connectivity index (χ3v) is 3.47. The van der Waals surface area contributed by atoms with Crippen LogP contribution >= 0.6 is 11.3 Å². The quantitative estimate of drug-likeness (QED) is 0.523. The number of nitrogens with zero attached hydrogens (tertiary/aromatic N) is 2. The minimum Gasteiger partial charge on any atom is -0.393 e. The van der Waals surface area contributed by atoms with Crippen LogP contribution in [0.1, 0.15) is 4.88 Å². The number of thiophene rings is 1. The predicted molar refractivity (Wildman–Crippen MR) is 73.9 cm³/mol. The number of nitrogen functional groups attached to an aromatic ring is 1. The molecule has 2 aromatic rings. The first-order valence-corrected chi connectivity index (χ1v) is 6.24. The molecule has 2 N–H and O–H groups in total. The summed E-state index contributed by atoms with van der Waals surface area (Å²) >= 11 is 1.62. The zero-order chi connectivity index (χ0) is 13.1. The van der Waals surface area contributed by atoms with E-state index in [1.165, 1.54) is 0 Å². The van der Waals surface area contributed by atoms with Gasteiger partial charge in [-0.3, -0.25) is 10.1 Å². The lowest BCUT2D eigenvalue weighted by Gasteiger charge is -2.18. The number of rotatable bonds is 4. The molecule has 1 aromatic carbocycles. The average molecular weight is 263 g/mol. The Kier molecular flexibility index (Phi) is 3.47. The summed E-state index contributed by atoms with van der Waals surface area (Å²) in [5, 5.41) is 13.0. The second kappa shape index (κ2) is 5.05. The first-order valence-electron chi connectivity index (χ1n) is 5.36. The fraction of sp³-hybridized carbons (Fsp3) is 0.167. The van der Waals surface area contributed by atoms with Crippen LogP contribution in [0.4, 0.5) is 17.1 Å². The highest BCUT2D eigenvalue weighted by Gasteiger charge is 2.20. The van der Waals surface area contributed by atoms with E-state index < -0.39 is 4.92 Å². The van der Waals surface area contributed by atoms with Crippen molar-refractivity contribution >= 4 is 28.4 Å². The summed E-state index contributed by atoms with van der Waals surface area (Å²) in [6.07, 6.45) is 0. The van der Waals surface area contributed by atoms with Crippen LogP contribution in [0, 0.1) is 10.1 Å². The van der Waals surface area contributed by atoms with E-state index in [0.717, 1.165) is 4.88 Å². The molecule has 6 heteroatoms. The largest absolute Gasteiger partial charge is 0.393 e. The molecule has 0 spiro atoms. The molecule has 0 saturated heterocycles. The Balaban J connectivity index is 2.32. The van der Waals surface area contributed by atoms with E-state index in [4.69, 9.17) is 5.73 Å². The van der Waals surface area contributed by atoms with Gasteiger partial charge in [0.15, 0.2) is 0 Å². The molecule has 2 rings (SSSR count). The minimum absolute atomic E-state index is 0.0310. The Bertz CT molecular complexity index is 554. The van der Waals surface area contributed by atoms with E-state index in [0.29, 0.717) is 12.2 Å². The van der Waals surface area contributed by atoms with Gasteiger partial charge in [-0.2, -0.15) is 0 Å². The molecule has 94 valence electrons. The SMILES string of the molecule is CN(Cc1cccs1)c1cccc(N)c1[N+](=O)[O-]. The number of nitrogens with two attached hydrogens (primary N) is 1. The highest BCUT2D eigenvalue weighted by Crippen LogP contribution is 2.33. The fourth-order valence-electron chi connectivity index (χ4n) is 1.78. The van der Waals surface area contributed by atoms with Crippen LogP contribution in [0.2, 0.25) is 0 Å². The summed E-state index contributed by atoms with van der Waals surface area (Å²) < 4.78 is 0. The lowest BCUT2D eigenvalue weighted by Crippen LogP contribution is -2.17. The molecule has 0 saturated carbocycles. The summed E-state index contributed by atoms with van der Waals surface area (Å²) in [5.41, 5.74) is 6.36. The van der Waals surface area contributed by atoms with Crippen LogP contribution in [0.5, 0.6) is 0 Å². The number of para-hydroxylation sites is 1. The van der Waals surface area contributed by atoms with Crippen LogP contribution < -0.4 is 10.6 Å². The molecule has 0 unspecified atom stereocenters. The normalized spacial score (nSPS) is 10.3. The van der Waals surface area contributed by atoms with Gasteiger partial charge in [-0.1, -0.05) is 12.1 Å². The lowest BCUT2D eigenvalue weighted by atomic mass is 10.2. The molecule has 5 nitrogen and oxygen atoms in total. The molecule has 18 heavy (non-hydrogen) atoms. The van der Waals surface area contributed by atoms with Gasteiger partial charge in [0.05, 0.1) is 11.5 Å². The van der Waals surface area contributed by atoms with Crippen molar-refractivity contribution in [1.29, 1.82) is 0 Å². The fourth-order valence-corrected chi connectivity index (χ4v) is 2.53. The molecule has 0 atom stereocenters. The lowest BCUT2D eigenvalue weighted by molar-refractivity contribution is -0.383. The number of hydrogen-bond donors (Lipinski definition) is 1. The number of hydrogen-bond acceptors (Lipinski definition) is 5. The number of nitro groups is 1. The van der Waals surface area contributed by atoms with Crippen LogP contribution in [0.3, 0.4) is 0 Å². The van der Waals surface area contributed by atoms with Crippen LogP contribution in [0.25, 0.3) is 0 Å². The monoisotopic (exact) mass is 263 g/mol. The maximum Gasteiger partial charge on any atom is 0.315 e. The summed E-state index contributed by atoms with van der Waals surface area (Å²) in [5.74, 6) is 0. The van der Waals surface area contributed by atoms with Crippen molar-refractivity contribution in [1.82, 2.24) is 0 Å². The van der Waals surface area contributed by atoms with E-state index in [-0.39, 0.29) is 11.4 Å². The number of anilines is 2. The summed E-state index contributed by atoms with van der Waals surface area (Å²) in [4.78, 5) is 13.6. The zero-order valence-corrected chi connectivity index (χ0v) is 10.7. The van der Waals surface area contributed by atoms with Crippen molar-refractivity contribution in [3.63, 3.8) is 0 Å². The second-order valence-electron chi connectivity index (χ2n) is 3.91. The molecular formula is C12H13N3O2S. The van der Waals surface area contributed by atoms with Gasteiger partial charge in [-0.15, -0.1) is 11.3 Å². The van der Waals surface area contributed by atoms with E-state index in [1.54, 1.807) is 29.5 Å². The predicted octanol–water partition coefficient (Wildman–Crippen LogP) is 2.87. The van der Waals surface area contributed by atoms with Gasteiger partial charge in [-0.25, -0.2) is 0 Å². The van der Waals surface area contributed by atoms with Gasteiger partial charge in [0.2, 0.25) is 0 Å². The molecular weight excluding hydrogens is 250 g/mol. The highest BCUT2D eigenvalue weighted by atomic mass is 32.1. The molecule has 0 aliphatic carbocycles. The van der Waals surface area contributed by atoms with Crippen LogP contribution in [-0.2, 0) is 6.54 Å². The summed E-state index contributed by atoms with van der Waals surface area (Å²) in [6.45, 7) is 0.627. The van der Waals surface area contributed by atoms with Gasteiger partial charge in [-0.05, 0) is 23.6 Å². The van der Waals surface area contributed by atoms with Crippen molar-refractivity contribution in [3.8, 4) is 0 Å². The molecule has 1 aromatic heterocycles. The molecule has 0 aliphatic heterocycles. The van der Waals surface area contributed by atoms with Crippen molar-refractivity contribution < 1.29 is 4.92 Å². The third-order valence-electron chi connectivity index (χ3n) is 2.61. The molecule has 0 radical (unpaired) electrons. The molecule has 0 amide bonds. The topological polar surface area (TPSA) is 72.4 Å². The maximum atomic E-state index is 11.1. The van der Waals surface area contributed by atoms with Gasteiger partial charge >= 0.3 is 5.69 Å². The van der Waals surface area contributed by atoms with E-state index in [1.807, 2.05) is 29.5 Å². The Morgan fingerprint density at radius 3 is 2.78 bits per heavy atom. The first kappa shape index (κ1) is 12.4. The van der Waals surface area contributed by atoms with Crippen molar-refractivity contribution in [2.75, 3.05) is 17.7 Å². The Labute approximate surface area is 109 Å². The first-order chi connectivity index (χ1) is 8.59. The molecule has 0 fully saturated rings. The van der Waals surface area contributed by atoms with Gasteiger partial charge in [0, 0.05) is 11.9 Å². The zero-order valence-electron chi connectivity index (χ0n) is 9.87. The third kappa shape index (κ3) is 2.43. The minimum atomic E-state index is -0.435. The maximum absolute atomic E-state index is 11.1. The Morgan fingerprint density at radius 2 is 2.17 bits per heavy atom. The average Bonchev–Trinajstić information content (AvgIpc) is 2.80. The van der Waals surface area contributed by atoms with Crippen molar-refractivity contribution in [2.24, 2.45) is 0 Å². The molecule has 0 aliphatic rings. The molecule has 0 bridgehead atoms.